The number of nitrogens with one attached hydrogen (secondary N) is 1. The summed E-state index contributed by atoms with van der Waals surface area (Å²) in [6.07, 6.45) is -5.04. The van der Waals surface area contributed by atoms with E-state index in [1.165, 1.54) is 0 Å². The third-order valence-corrected chi connectivity index (χ3v) is 1.92. The van der Waals surface area contributed by atoms with Crippen molar-refractivity contribution in [3.05, 3.63) is 35.8 Å². The molecule has 17 heavy (non-hydrogen) atoms. The number of aryl methyl sites for hydroxylation is 1. The molecule has 94 valence electrons. The van der Waals surface area contributed by atoms with Crippen LogP contribution in [0.5, 0.6) is 0 Å². The highest BCUT2D eigenvalue weighted by Gasteiger charge is 2.39. The fourth-order valence-corrected chi connectivity index (χ4v) is 0.978. The van der Waals surface area contributed by atoms with Gasteiger partial charge in [-0.25, -0.2) is 4.98 Å². The van der Waals surface area contributed by atoms with E-state index in [4.69, 9.17) is 10.8 Å². The van der Waals surface area contributed by atoms with E-state index < -0.39 is 18.0 Å². The van der Waals surface area contributed by atoms with Gasteiger partial charge < -0.3 is 16.2 Å². The van der Waals surface area contributed by atoms with Gasteiger partial charge in [-0.2, -0.15) is 13.2 Å². The van der Waals surface area contributed by atoms with Crippen molar-refractivity contribution in [1.29, 1.82) is 0 Å². The molecular weight excluding hydrogens is 235 g/mol. The van der Waals surface area contributed by atoms with Gasteiger partial charge in [0.15, 0.2) is 6.10 Å². The highest BCUT2D eigenvalue weighted by molar-refractivity contribution is 5.39. The van der Waals surface area contributed by atoms with Crippen molar-refractivity contribution in [3.8, 4) is 0 Å². The minimum atomic E-state index is -4.77. The second kappa shape index (κ2) is 5.05. The molecule has 4 nitrogen and oxygen atoms in total. The van der Waals surface area contributed by atoms with E-state index in [0.29, 0.717) is 5.82 Å². The number of nitrogens with zero attached hydrogens (tertiary/aromatic N) is 1. The van der Waals surface area contributed by atoms with E-state index in [0.717, 1.165) is 11.8 Å². The molecule has 0 saturated carbocycles. The molecule has 0 aliphatic heterocycles. The third kappa shape index (κ3) is 3.95. The van der Waals surface area contributed by atoms with Gasteiger partial charge in [0.1, 0.15) is 5.82 Å². The van der Waals surface area contributed by atoms with Crippen LogP contribution in [-0.2, 0) is 0 Å². The summed E-state index contributed by atoms with van der Waals surface area (Å²) in [5, 5.41) is 11.3. The highest BCUT2D eigenvalue weighted by Crippen LogP contribution is 2.23. The molecule has 7 heteroatoms. The van der Waals surface area contributed by atoms with Crippen LogP contribution < -0.4 is 11.1 Å². The number of anilines is 1. The second-order valence-electron chi connectivity index (χ2n) is 3.45. The minimum Gasteiger partial charge on any atom is -0.398 e. The summed E-state index contributed by atoms with van der Waals surface area (Å²) in [7, 11) is 0. The summed E-state index contributed by atoms with van der Waals surface area (Å²) < 4.78 is 36.2. The molecule has 1 heterocycles. The van der Waals surface area contributed by atoms with Crippen LogP contribution in [0.1, 0.15) is 5.56 Å². The van der Waals surface area contributed by atoms with Gasteiger partial charge in [-0.05, 0) is 18.6 Å². The molecule has 1 aromatic heterocycles. The van der Waals surface area contributed by atoms with Crippen LogP contribution in [0.25, 0.3) is 0 Å². The molecule has 0 bridgehead atoms. The Morgan fingerprint density at radius 3 is 2.65 bits per heavy atom. The summed E-state index contributed by atoms with van der Waals surface area (Å²) in [6.45, 7) is 1.83. The van der Waals surface area contributed by atoms with Crippen molar-refractivity contribution in [3.63, 3.8) is 0 Å². The van der Waals surface area contributed by atoms with Gasteiger partial charge in [-0.3, -0.25) is 0 Å². The average molecular weight is 247 g/mol. The number of pyridine rings is 1. The quantitative estimate of drug-likeness (QED) is 0.757. The number of aromatic nitrogens is 1. The Bertz CT molecular complexity index is 400. The number of rotatable bonds is 3. The number of aliphatic hydroxyl groups is 1. The fourth-order valence-electron chi connectivity index (χ4n) is 0.978. The van der Waals surface area contributed by atoms with Crippen LogP contribution in [-0.4, -0.2) is 22.4 Å². The van der Waals surface area contributed by atoms with Crippen molar-refractivity contribution in [2.75, 3.05) is 5.32 Å². The predicted octanol–water partition coefficient (Wildman–Crippen LogP) is 1.53. The van der Waals surface area contributed by atoms with Gasteiger partial charge in [0.25, 0.3) is 0 Å². The zero-order valence-corrected chi connectivity index (χ0v) is 8.99. The molecule has 0 spiro atoms. The Balaban J connectivity index is 2.68. The zero-order chi connectivity index (χ0) is 13.1. The standard InChI is InChI=1S/C10H12F3N3O/c1-6-2-3-8(15-4-6)16-5-7(14)9(17)10(11,12)13/h2-5,9,17H,14H2,1H3,(H,15,16)/b7-5-. The molecule has 1 rings (SSSR count). The SMILES string of the molecule is Cc1ccc(N/C=C(\N)C(O)C(F)(F)F)nc1. The second-order valence-corrected chi connectivity index (χ2v) is 3.45. The normalized spacial score (nSPS) is 14.5. The summed E-state index contributed by atoms with van der Waals surface area (Å²) in [5.41, 5.74) is 5.28. The molecule has 1 atom stereocenters. The monoisotopic (exact) mass is 247 g/mol. The van der Waals surface area contributed by atoms with E-state index in [1.807, 2.05) is 6.92 Å². The first kappa shape index (κ1) is 13.3. The number of hydrogen-bond donors (Lipinski definition) is 3. The lowest BCUT2D eigenvalue weighted by atomic mass is 10.2. The first-order valence-corrected chi connectivity index (χ1v) is 4.70. The van der Waals surface area contributed by atoms with Crippen molar-refractivity contribution in [1.82, 2.24) is 4.98 Å². The molecule has 1 unspecified atom stereocenters. The van der Waals surface area contributed by atoms with Gasteiger partial charge in [0.2, 0.25) is 0 Å². The Hall–Kier alpha value is -1.76. The van der Waals surface area contributed by atoms with Gasteiger partial charge in [-0.15, -0.1) is 0 Å². The summed E-state index contributed by atoms with van der Waals surface area (Å²) in [4.78, 5) is 3.90. The molecule has 4 N–H and O–H groups in total. The molecule has 0 saturated heterocycles. The molecule has 0 aliphatic rings. The van der Waals surface area contributed by atoms with E-state index in [1.54, 1.807) is 18.3 Å². The molecule has 0 amide bonds. The number of halogens is 3. The largest absolute Gasteiger partial charge is 0.420 e. The summed E-state index contributed by atoms with van der Waals surface area (Å²) >= 11 is 0. The van der Waals surface area contributed by atoms with Crippen LogP contribution in [0.2, 0.25) is 0 Å². The Kier molecular flexibility index (Phi) is 3.95. The van der Waals surface area contributed by atoms with Crippen molar-refractivity contribution in [2.45, 2.75) is 19.2 Å². The topological polar surface area (TPSA) is 71.2 Å². The summed E-state index contributed by atoms with van der Waals surface area (Å²) in [5.74, 6) is 0.341. The smallest absolute Gasteiger partial charge is 0.398 e. The van der Waals surface area contributed by atoms with Crippen LogP contribution in [0.15, 0.2) is 30.2 Å². The molecule has 0 radical (unpaired) electrons. The minimum absolute atomic E-state index is 0.341. The molecule has 1 aromatic rings. The Morgan fingerprint density at radius 1 is 1.53 bits per heavy atom. The van der Waals surface area contributed by atoms with E-state index in [9.17, 15) is 13.2 Å². The van der Waals surface area contributed by atoms with Crippen LogP contribution >= 0.6 is 0 Å². The highest BCUT2D eigenvalue weighted by atomic mass is 19.4. The zero-order valence-electron chi connectivity index (χ0n) is 8.99. The van der Waals surface area contributed by atoms with Crippen molar-refractivity contribution in [2.24, 2.45) is 5.73 Å². The molecular formula is C10H12F3N3O. The number of aliphatic hydroxyl groups excluding tert-OH is 1. The molecule has 0 aliphatic carbocycles. The maximum absolute atomic E-state index is 12.1. The lowest BCUT2D eigenvalue weighted by Crippen LogP contribution is -2.34. The lowest BCUT2D eigenvalue weighted by molar-refractivity contribution is -0.191. The lowest BCUT2D eigenvalue weighted by Gasteiger charge is -2.14. The summed E-state index contributed by atoms with van der Waals surface area (Å²) in [6, 6.07) is 3.32. The van der Waals surface area contributed by atoms with E-state index in [-0.39, 0.29) is 0 Å². The van der Waals surface area contributed by atoms with Crippen LogP contribution in [0, 0.1) is 6.92 Å². The van der Waals surface area contributed by atoms with Gasteiger partial charge in [0.05, 0.1) is 5.70 Å². The molecule has 0 aromatic carbocycles. The maximum Gasteiger partial charge on any atom is 0.420 e. The number of nitrogens with two attached hydrogens (primary N) is 1. The first-order chi connectivity index (χ1) is 7.80. The van der Waals surface area contributed by atoms with Crippen molar-refractivity contribution < 1.29 is 18.3 Å². The van der Waals surface area contributed by atoms with E-state index >= 15 is 0 Å². The van der Waals surface area contributed by atoms with Gasteiger partial charge in [-0.1, -0.05) is 6.07 Å². The number of alkyl halides is 3. The number of hydrogen-bond acceptors (Lipinski definition) is 4. The average Bonchev–Trinajstić information content (AvgIpc) is 2.25. The van der Waals surface area contributed by atoms with Crippen LogP contribution in [0.3, 0.4) is 0 Å². The molecule has 0 fully saturated rings. The maximum atomic E-state index is 12.1. The van der Waals surface area contributed by atoms with E-state index in [2.05, 4.69) is 10.3 Å². The van der Waals surface area contributed by atoms with Crippen molar-refractivity contribution >= 4 is 5.82 Å². The third-order valence-electron chi connectivity index (χ3n) is 1.92. The predicted molar refractivity (Wildman–Crippen MR) is 56.9 cm³/mol. The van der Waals surface area contributed by atoms with Gasteiger partial charge in [0, 0.05) is 12.4 Å². The fraction of sp³-hybridized carbons (Fsp3) is 0.300. The first-order valence-electron chi connectivity index (χ1n) is 4.70. The van der Waals surface area contributed by atoms with Gasteiger partial charge >= 0.3 is 6.18 Å². The van der Waals surface area contributed by atoms with Crippen LogP contribution in [0.4, 0.5) is 19.0 Å². The Morgan fingerprint density at radius 2 is 2.18 bits per heavy atom. The Labute approximate surface area is 96.0 Å².